The molecule has 0 radical (unpaired) electrons. The third-order valence-electron chi connectivity index (χ3n) is 5.28. The first-order chi connectivity index (χ1) is 14.4. The fraction of sp³-hybridized carbons (Fsp3) is 0.391. The Hall–Kier alpha value is -2.90. The number of aliphatic hydroxyl groups is 1. The van der Waals surface area contributed by atoms with Gasteiger partial charge in [-0.05, 0) is 37.1 Å². The molecule has 1 amide bonds. The molecule has 0 saturated carbocycles. The van der Waals surface area contributed by atoms with Crippen molar-refractivity contribution in [3.05, 3.63) is 59.7 Å². The lowest BCUT2D eigenvalue weighted by Gasteiger charge is -2.40. The molecule has 0 aliphatic carbocycles. The van der Waals surface area contributed by atoms with E-state index in [1.54, 1.807) is 25.9 Å². The zero-order valence-corrected chi connectivity index (χ0v) is 17.5. The Labute approximate surface area is 175 Å². The lowest BCUT2D eigenvalue weighted by atomic mass is 10.0. The molecule has 0 bridgehead atoms. The summed E-state index contributed by atoms with van der Waals surface area (Å²) in [7, 11) is 1.66. The largest absolute Gasteiger partial charge is 0.460 e. The zero-order chi connectivity index (χ0) is 21.3. The van der Waals surface area contributed by atoms with Crippen LogP contribution in [0.3, 0.4) is 0 Å². The van der Waals surface area contributed by atoms with E-state index in [1.807, 2.05) is 41.1 Å². The number of carbonyl (C=O) groups is 1. The highest BCUT2D eigenvalue weighted by Crippen LogP contribution is 2.31. The number of β-amino-alcohol motifs (C(OH)–C–C–N with tert-alkyl or cyclic N) is 1. The van der Waals surface area contributed by atoms with Gasteiger partial charge in [0.15, 0.2) is 5.60 Å². The molecule has 1 aromatic heterocycles. The number of hydrogen-bond donors (Lipinski definition) is 1. The summed E-state index contributed by atoms with van der Waals surface area (Å²) in [5.41, 5.74) is 1.95. The first kappa shape index (κ1) is 20.4. The van der Waals surface area contributed by atoms with Crippen molar-refractivity contribution in [3.63, 3.8) is 0 Å². The van der Waals surface area contributed by atoms with Crippen molar-refractivity contribution in [1.82, 2.24) is 14.7 Å². The van der Waals surface area contributed by atoms with Crippen LogP contribution in [-0.4, -0.2) is 57.6 Å². The first-order valence-corrected chi connectivity index (χ1v) is 10.1. The van der Waals surface area contributed by atoms with E-state index in [2.05, 4.69) is 12.1 Å². The van der Waals surface area contributed by atoms with E-state index in [9.17, 15) is 9.90 Å². The number of nitrogens with zero attached hydrogens (tertiary/aromatic N) is 3. The topological polar surface area (TPSA) is 76.8 Å². The van der Waals surface area contributed by atoms with Crippen molar-refractivity contribution < 1.29 is 19.4 Å². The summed E-state index contributed by atoms with van der Waals surface area (Å²) in [6.45, 7) is 5.23. The van der Waals surface area contributed by atoms with Gasteiger partial charge >= 0.3 is 0 Å². The predicted octanol–water partition coefficient (Wildman–Crippen LogP) is 2.59. The second-order valence-electron chi connectivity index (χ2n) is 8.21. The maximum Gasteiger partial charge on any atom is 0.266 e. The van der Waals surface area contributed by atoms with Gasteiger partial charge in [-0.25, -0.2) is 0 Å². The van der Waals surface area contributed by atoms with Crippen LogP contribution in [0.5, 0.6) is 5.88 Å². The van der Waals surface area contributed by atoms with E-state index >= 15 is 0 Å². The summed E-state index contributed by atoms with van der Waals surface area (Å²) in [5, 5.41) is 15.1. The second-order valence-corrected chi connectivity index (χ2v) is 8.21. The molecule has 1 aliphatic heterocycles. The molecule has 1 fully saturated rings. The molecule has 4 rings (SSSR count). The van der Waals surface area contributed by atoms with E-state index in [-0.39, 0.29) is 5.91 Å². The van der Waals surface area contributed by atoms with Crippen LogP contribution < -0.4 is 4.74 Å². The van der Waals surface area contributed by atoms with Gasteiger partial charge < -0.3 is 19.5 Å². The molecule has 0 atom stereocenters. The van der Waals surface area contributed by atoms with E-state index in [0.717, 1.165) is 22.0 Å². The van der Waals surface area contributed by atoms with Gasteiger partial charge in [0.05, 0.1) is 30.2 Å². The second kappa shape index (κ2) is 8.08. The Kier molecular flexibility index (Phi) is 5.49. The molecule has 1 saturated heterocycles. The van der Waals surface area contributed by atoms with Crippen LogP contribution in [0.4, 0.5) is 0 Å². The Bertz CT molecular complexity index is 1040. The van der Waals surface area contributed by atoms with Crippen molar-refractivity contribution >= 4 is 16.8 Å². The Morgan fingerprint density at radius 1 is 1.17 bits per heavy atom. The van der Waals surface area contributed by atoms with Crippen molar-refractivity contribution in [2.45, 2.75) is 38.7 Å². The minimum absolute atomic E-state index is 0.161. The maximum atomic E-state index is 12.8. The number of methoxy groups -OCH3 is 1. The third kappa shape index (κ3) is 4.04. The summed E-state index contributed by atoms with van der Waals surface area (Å²) in [4.78, 5) is 14.4. The molecular weight excluding hydrogens is 382 g/mol. The predicted molar refractivity (Wildman–Crippen MR) is 113 cm³/mol. The standard InChI is InChI=1S/C23H27N3O4/c1-23(2,22(28)25-13-18(27)14-25)30-21-19-11-17(15-29-3)9-10-20(19)26(24-21)12-16-7-5-4-6-8-16/h4-11,18,27H,12-15H2,1-3H3. The normalized spacial score (nSPS) is 14.7. The lowest BCUT2D eigenvalue weighted by Crippen LogP contribution is -2.60. The summed E-state index contributed by atoms with van der Waals surface area (Å²) < 4.78 is 13.3. The fourth-order valence-corrected chi connectivity index (χ4v) is 3.69. The Balaban J connectivity index is 1.68. The number of ether oxygens (including phenoxy) is 2. The number of carbonyl (C=O) groups excluding carboxylic acids is 1. The fourth-order valence-electron chi connectivity index (χ4n) is 3.69. The maximum absolute atomic E-state index is 12.8. The van der Waals surface area contributed by atoms with Crippen molar-refractivity contribution in [2.75, 3.05) is 20.2 Å². The molecule has 2 heterocycles. The lowest BCUT2D eigenvalue weighted by molar-refractivity contribution is -0.155. The Morgan fingerprint density at radius 2 is 1.90 bits per heavy atom. The molecule has 1 aliphatic rings. The quantitative estimate of drug-likeness (QED) is 0.649. The molecular formula is C23H27N3O4. The van der Waals surface area contributed by atoms with Gasteiger partial charge in [-0.15, -0.1) is 5.10 Å². The van der Waals surface area contributed by atoms with Crippen LogP contribution in [-0.2, 0) is 22.7 Å². The van der Waals surface area contributed by atoms with E-state index in [4.69, 9.17) is 14.6 Å². The highest BCUT2D eigenvalue weighted by atomic mass is 16.5. The Morgan fingerprint density at radius 3 is 2.57 bits per heavy atom. The van der Waals surface area contributed by atoms with E-state index < -0.39 is 11.7 Å². The van der Waals surface area contributed by atoms with Crippen molar-refractivity contribution in [2.24, 2.45) is 0 Å². The molecule has 7 heteroatoms. The van der Waals surface area contributed by atoms with Crippen LogP contribution in [0.25, 0.3) is 10.9 Å². The number of benzene rings is 2. The summed E-state index contributed by atoms with van der Waals surface area (Å²) in [6.07, 6.45) is -0.452. The highest BCUT2D eigenvalue weighted by molar-refractivity contribution is 5.88. The number of hydrogen-bond acceptors (Lipinski definition) is 5. The van der Waals surface area contributed by atoms with Crippen LogP contribution >= 0.6 is 0 Å². The molecule has 0 unspecified atom stereocenters. The number of aromatic nitrogens is 2. The molecule has 2 aromatic carbocycles. The number of aliphatic hydroxyl groups excluding tert-OH is 1. The minimum atomic E-state index is -1.10. The van der Waals surface area contributed by atoms with E-state index in [0.29, 0.717) is 32.1 Å². The van der Waals surface area contributed by atoms with Gasteiger partial charge in [-0.1, -0.05) is 36.4 Å². The van der Waals surface area contributed by atoms with Crippen LogP contribution in [0.2, 0.25) is 0 Å². The van der Waals surface area contributed by atoms with Gasteiger partial charge in [0, 0.05) is 20.2 Å². The summed E-state index contributed by atoms with van der Waals surface area (Å²) in [6, 6.07) is 16.1. The smallest absolute Gasteiger partial charge is 0.266 e. The van der Waals surface area contributed by atoms with Crippen molar-refractivity contribution in [1.29, 1.82) is 0 Å². The van der Waals surface area contributed by atoms with Gasteiger partial charge in [0.2, 0.25) is 5.88 Å². The van der Waals surface area contributed by atoms with Crippen LogP contribution in [0, 0.1) is 0 Å². The van der Waals surface area contributed by atoms with Gasteiger partial charge in [0.1, 0.15) is 0 Å². The summed E-state index contributed by atoms with van der Waals surface area (Å²) >= 11 is 0. The van der Waals surface area contributed by atoms with E-state index in [1.165, 1.54) is 0 Å². The van der Waals surface area contributed by atoms with Crippen LogP contribution in [0.1, 0.15) is 25.0 Å². The highest BCUT2D eigenvalue weighted by Gasteiger charge is 2.40. The van der Waals surface area contributed by atoms with Gasteiger partial charge in [-0.2, -0.15) is 0 Å². The molecule has 30 heavy (non-hydrogen) atoms. The van der Waals surface area contributed by atoms with Crippen LogP contribution in [0.15, 0.2) is 48.5 Å². The monoisotopic (exact) mass is 409 g/mol. The molecule has 7 nitrogen and oxygen atoms in total. The summed E-state index contributed by atoms with van der Waals surface area (Å²) in [5.74, 6) is 0.255. The van der Waals surface area contributed by atoms with Gasteiger partial charge in [0.25, 0.3) is 5.91 Å². The average Bonchev–Trinajstić information content (AvgIpc) is 3.02. The molecule has 158 valence electrons. The third-order valence-corrected chi connectivity index (χ3v) is 5.28. The molecule has 3 aromatic rings. The van der Waals surface area contributed by atoms with Crippen molar-refractivity contribution in [3.8, 4) is 5.88 Å². The molecule has 0 spiro atoms. The molecule has 1 N–H and O–H groups in total. The SMILES string of the molecule is COCc1ccc2c(c1)c(OC(C)(C)C(=O)N1CC(O)C1)nn2Cc1ccccc1. The first-order valence-electron chi connectivity index (χ1n) is 10.1. The van der Waals surface area contributed by atoms with Gasteiger partial charge in [-0.3, -0.25) is 9.48 Å². The number of likely N-dealkylation sites (tertiary alicyclic amines) is 1. The average molecular weight is 409 g/mol. The number of fused-ring (bicyclic) bond motifs is 1. The number of amides is 1. The minimum Gasteiger partial charge on any atom is -0.460 e. The number of rotatable bonds is 7. The zero-order valence-electron chi connectivity index (χ0n) is 17.5.